The highest BCUT2D eigenvalue weighted by atomic mass is 32.2. The van der Waals surface area contributed by atoms with Crippen LogP contribution in [-0.4, -0.2) is 91.5 Å². The Kier molecular flexibility index (Phi) is 10.1. The van der Waals surface area contributed by atoms with E-state index >= 15 is 0 Å². The molecule has 2 amide bonds. The molecular weight excluding hydrogens is 597 g/mol. The molecule has 0 aliphatic carbocycles. The zero-order chi connectivity index (χ0) is 31.5. The molecule has 5 atom stereocenters. The minimum Gasteiger partial charge on any atom is -0.416 e. The van der Waals surface area contributed by atoms with E-state index in [2.05, 4.69) is 15.2 Å². The second kappa shape index (κ2) is 13.4. The van der Waals surface area contributed by atoms with Crippen LogP contribution in [-0.2, 0) is 30.7 Å². The smallest absolute Gasteiger partial charge is 0.416 e. The molecule has 1 aliphatic heterocycles. The molecule has 1 saturated heterocycles. The molecule has 1 aromatic heterocycles. The average molecular weight is 629 g/mol. The summed E-state index contributed by atoms with van der Waals surface area (Å²) in [5.74, 6) is -0.810. The maximum absolute atomic E-state index is 13.2. The van der Waals surface area contributed by atoms with Crippen molar-refractivity contribution < 1.29 is 51.2 Å². The van der Waals surface area contributed by atoms with Gasteiger partial charge in [0, 0.05) is 51.4 Å². The molecule has 0 spiro atoms. The van der Waals surface area contributed by atoms with Gasteiger partial charge in [0.15, 0.2) is 5.69 Å². The van der Waals surface area contributed by atoms with Gasteiger partial charge in [-0.05, 0) is 61.3 Å². The van der Waals surface area contributed by atoms with Crippen LogP contribution in [0.25, 0.3) is 10.9 Å². The van der Waals surface area contributed by atoms with Gasteiger partial charge in [0.2, 0.25) is 6.29 Å². The highest BCUT2D eigenvalue weighted by Gasteiger charge is 2.47. The lowest BCUT2D eigenvalue weighted by molar-refractivity contribution is -0.288. The first kappa shape index (κ1) is 32.3. The summed E-state index contributed by atoms with van der Waals surface area (Å²) >= 11 is 1.01. The molecular formula is C27H31F3N4O8S. The van der Waals surface area contributed by atoms with Gasteiger partial charge in [-0.25, -0.2) is 4.79 Å². The van der Waals surface area contributed by atoms with Gasteiger partial charge in [-0.2, -0.15) is 5.10 Å². The Bertz CT molecular complexity index is 1440. The monoisotopic (exact) mass is 628 g/mol. The van der Waals surface area contributed by atoms with Gasteiger partial charge in [-0.15, -0.1) is 13.2 Å². The maximum atomic E-state index is 13.2. The zero-order valence-corrected chi connectivity index (χ0v) is 24.9. The highest BCUT2D eigenvalue weighted by molar-refractivity contribution is 7.97. The van der Waals surface area contributed by atoms with Gasteiger partial charge in [0.05, 0.1) is 11.6 Å². The number of nitrogens with one attached hydrogen (secondary N) is 1. The van der Waals surface area contributed by atoms with Gasteiger partial charge in [0.25, 0.3) is 5.91 Å². The number of anilines is 1. The Labute approximate surface area is 249 Å². The van der Waals surface area contributed by atoms with E-state index in [1.165, 1.54) is 49.5 Å². The summed E-state index contributed by atoms with van der Waals surface area (Å²) in [6.45, 7) is 1.77. The van der Waals surface area contributed by atoms with Gasteiger partial charge >= 0.3 is 12.5 Å². The van der Waals surface area contributed by atoms with Crippen molar-refractivity contribution in [3.8, 4) is 5.75 Å². The number of halogens is 3. The van der Waals surface area contributed by atoms with Crippen LogP contribution in [0.4, 0.5) is 23.7 Å². The SMILES string of the molecule is CO[C@@H]1[C@@H](OC)[C@H](C)O[C@@H](OC(=O)Nc2ccc3c(C(=O)N(C)Sc4ccc(OC(F)(F)F)cc4)nn(C)c3c2)[C@@H]1OC. The van der Waals surface area contributed by atoms with Crippen molar-refractivity contribution >= 4 is 40.5 Å². The van der Waals surface area contributed by atoms with Crippen LogP contribution in [0.15, 0.2) is 47.4 Å². The summed E-state index contributed by atoms with van der Waals surface area (Å²) in [5, 5.41) is 7.51. The standard InChI is InChI=1S/C27H31F3N4O8S/c1-14-21(37-4)22(38-5)23(39-6)25(40-14)41-26(36)31-15-7-12-18-19(13-15)33(2)32-20(18)24(35)34(3)43-17-10-8-16(9-11-17)42-27(28,29)30/h7-14,21-23,25H,1-6H3,(H,31,36)/t14-,21-,22+,23+,25-/m0/s1. The molecule has 0 saturated carbocycles. The number of aromatic nitrogens is 2. The van der Waals surface area contributed by atoms with Gasteiger partial charge < -0.3 is 28.4 Å². The van der Waals surface area contributed by atoms with E-state index in [9.17, 15) is 22.8 Å². The highest BCUT2D eigenvalue weighted by Crippen LogP contribution is 2.31. The van der Waals surface area contributed by atoms with Gasteiger partial charge in [-0.3, -0.25) is 19.1 Å². The summed E-state index contributed by atoms with van der Waals surface area (Å²) in [6.07, 6.45) is -8.83. The lowest BCUT2D eigenvalue weighted by atomic mass is 9.99. The Balaban J connectivity index is 1.43. The van der Waals surface area contributed by atoms with Gasteiger partial charge in [-0.1, -0.05) is 0 Å². The first-order valence-corrected chi connectivity index (χ1v) is 13.6. The molecule has 1 fully saturated rings. The third kappa shape index (κ3) is 7.51. The predicted octanol–water partition coefficient (Wildman–Crippen LogP) is 4.59. The van der Waals surface area contributed by atoms with Crippen LogP contribution in [0.5, 0.6) is 5.75 Å². The minimum absolute atomic E-state index is 0.143. The van der Waals surface area contributed by atoms with Crippen molar-refractivity contribution in [1.29, 1.82) is 0 Å². The summed E-state index contributed by atoms with van der Waals surface area (Å²) in [5.41, 5.74) is 1.07. The van der Waals surface area contributed by atoms with E-state index in [-0.39, 0.29) is 11.4 Å². The van der Waals surface area contributed by atoms with Crippen LogP contribution in [0.2, 0.25) is 0 Å². The molecule has 4 rings (SSSR count). The van der Waals surface area contributed by atoms with Crippen molar-refractivity contribution in [1.82, 2.24) is 14.1 Å². The third-order valence-electron chi connectivity index (χ3n) is 6.65. The number of ether oxygens (including phenoxy) is 6. The minimum atomic E-state index is -4.80. The zero-order valence-electron chi connectivity index (χ0n) is 24.1. The quantitative estimate of drug-likeness (QED) is 0.337. The average Bonchev–Trinajstić information content (AvgIpc) is 3.27. The van der Waals surface area contributed by atoms with E-state index in [1.807, 2.05) is 0 Å². The maximum Gasteiger partial charge on any atom is 0.573 e. The third-order valence-corrected chi connectivity index (χ3v) is 7.58. The van der Waals surface area contributed by atoms with Crippen molar-refractivity contribution in [2.45, 2.75) is 48.9 Å². The molecule has 3 aromatic rings. The van der Waals surface area contributed by atoms with Crippen molar-refractivity contribution in [2.75, 3.05) is 33.7 Å². The van der Waals surface area contributed by atoms with E-state index in [1.54, 1.807) is 32.2 Å². The summed E-state index contributed by atoms with van der Waals surface area (Å²) < 4.78 is 71.7. The van der Waals surface area contributed by atoms with E-state index < -0.39 is 49.1 Å². The molecule has 0 radical (unpaired) electrons. The van der Waals surface area contributed by atoms with Crippen LogP contribution in [0.1, 0.15) is 17.4 Å². The Morgan fingerprint density at radius 1 is 1.02 bits per heavy atom. The summed E-state index contributed by atoms with van der Waals surface area (Å²) in [7, 11) is 7.64. The predicted molar refractivity (Wildman–Crippen MR) is 149 cm³/mol. The van der Waals surface area contributed by atoms with E-state index in [4.69, 9.17) is 23.7 Å². The number of hydrogen-bond donors (Lipinski definition) is 1. The molecule has 234 valence electrons. The molecule has 1 aliphatic rings. The van der Waals surface area contributed by atoms with E-state index in [0.717, 1.165) is 24.1 Å². The Morgan fingerprint density at radius 3 is 2.28 bits per heavy atom. The molecule has 0 unspecified atom stereocenters. The second-order valence-electron chi connectivity index (χ2n) is 9.46. The van der Waals surface area contributed by atoms with Crippen LogP contribution in [0, 0.1) is 0 Å². The first-order valence-electron chi connectivity index (χ1n) is 12.8. The van der Waals surface area contributed by atoms with Crippen LogP contribution >= 0.6 is 11.9 Å². The Hall–Kier alpha value is -3.57. The number of amides is 2. The number of hydrogen-bond acceptors (Lipinski definition) is 10. The molecule has 0 bridgehead atoms. The number of carbonyl (C=O) groups excluding carboxylic acids is 2. The van der Waals surface area contributed by atoms with Gasteiger partial charge in [0.1, 0.15) is 24.1 Å². The first-order chi connectivity index (χ1) is 20.3. The van der Waals surface area contributed by atoms with Crippen molar-refractivity contribution in [3.63, 3.8) is 0 Å². The van der Waals surface area contributed by atoms with Crippen molar-refractivity contribution in [2.24, 2.45) is 7.05 Å². The normalized spacial score (nSPS) is 22.3. The molecule has 2 aromatic carbocycles. The van der Waals surface area contributed by atoms with Crippen LogP contribution < -0.4 is 10.1 Å². The molecule has 12 nitrogen and oxygen atoms in total. The molecule has 2 heterocycles. The lowest BCUT2D eigenvalue weighted by Crippen LogP contribution is -2.59. The number of rotatable bonds is 9. The number of nitrogens with zero attached hydrogens (tertiary/aromatic N) is 3. The van der Waals surface area contributed by atoms with Crippen molar-refractivity contribution in [3.05, 3.63) is 48.2 Å². The fraction of sp³-hybridized carbons (Fsp3) is 0.444. The lowest BCUT2D eigenvalue weighted by Gasteiger charge is -2.43. The second-order valence-corrected chi connectivity index (χ2v) is 10.7. The fourth-order valence-corrected chi connectivity index (χ4v) is 5.45. The number of methoxy groups -OCH3 is 3. The Morgan fingerprint density at radius 2 is 1.67 bits per heavy atom. The molecule has 16 heteroatoms. The number of carbonyl (C=O) groups is 2. The number of alkyl halides is 3. The number of fused-ring (bicyclic) bond motifs is 1. The van der Waals surface area contributed by atoms with E-state index in [0.29, 0.717) is 21.5 Å². The molecule has 43 heavy (non-hydrogen) atoms. The summed E-state index contributed by atoms with van der Waals surface area (Å²) in [6, 6.07) is 9.98. The fourth-order valence-electron chi connectivity index (χ4n) is 4.71. The largest absolute Gasteiger partial charge is 0.573 e. The molecule has 1 N–H and O–H groups in total. The van der Waals surface area contributed by atoms with Crippen LogP contribution in [0.3, 0.4) is 0 Å². The number of aryl methyl sites for hydroxylation is 1. The topological polar surface area (TPSA) is 123 Å². The summed E-state index contributed by atoms with van der Waals surface area (Å²) in [4.78, 5) is 26.5. The number of benzene rings is 2.